The molecule has 1 rings (SSSR count). The molecule has 0 aromatic carbocycles. The predicted octanol–water partition coefficient (Wildman–Crippen LogP) is 1.12. The molecule has 0 spiro atoms. The SMILES string of the molecule is CO[C@H]1O[C@H](COC(C)=O)[C@@H](OC(C)=O)[C@@H](OC(C)=O)[C@@H]1SCCCl. The van der Waals surface area contributed by atoms with Gasteiger partial charge in [0.2, 0.25) is 0 Å². The minimum atomic E-state index is -0.944. The van der Waals surface area contributed by atoms with Crippen LogP contribution in [0.4, 0.5) is 0 Å². The van der Waals surface area contributed by atoms with E-state index in [2.05, 4.69) is 0 Å². The van der Waals surface area contributed by atoms with Crippen molar-refractivity contribution < 1.29 is 38.1 Å². The van der Waals surface area contributed by atoms with Crippen LogP contribution in [0.5, 0.6) is 0 Å². The summed E-state index contributed by atoms with van der Waals surface area (Å²) >= 11 is 7.13. The Morgan fingerprint density at radius 1 is 1.04 bits per heavy atom. The summed E-state index contributed by atoms with van der Waals surface area (Å²) in [5, 5.41) is -0.467. The van der Waals surface area contributed by atoms with E-state index in [0.29, 0.717) is 11.6 Å². The van der Waals surface area contributed by atoms with Crippen molar-refractivity contribution in [1.29, 1.82) is 0 Å². The van der Waals surface area contributed by atoms with Crippen LogP contribution >= 0.6 is 23.4 Å². The molecule has 10 heteroatoms. The van der Waals surface area contributed by atoms with Gasteiger partial charge in [-0.3, -0.25) is 14.4 Å². The van der Waals surface area contributed by atoms with Gasteiger partial charge in [0, 0.05) is 39.5 Å². The number of alkyl halides is 1. The molecule has 0 amide bonds. The van der Waals surface area contributed by atoms with Gasteiger partial charge in [0.25, 0.3) is 0 Å². The van der Waals surface area contributed by atoms with Crippen LogP contribution in [-0.2, 0) is 38.1 Å². The number of rotatable bonds is 8. The Hall–Kier alpha value is -1.03. The van der Waals surface area contributed by atoms with Crippen molar-refractivity contribution in [3.05, 3.63) is 0 Å². The number of carbonyl (C=O) groups is 3. The van der Waals surface area contributed by atoms with Crippen molar-refractivity contribution >= 4 is 41.3 Å². The first-order chi connectivity index (χ1) is 11.8. The van der Waals surface area contributed by atoms with Crippen LogP contribution in [0.2, 0.25) is 0 Å². The topological polar surface area (TPSA) is 97.4 Å². The second-order valence-corrected chi connectivity index (χ2v) is 6.92. The lowest BCUT2D eigenvalue weighted by molar-refractivity contribution is -0.256. The maximum absolute atomic E-state index is 11.6. The molecule has 1 aliphatic rings. The van der Waals surface area contributed by atoms with Crippen LogP contribution in [0, 0.1) is 0 Å². The van der Waals surface area contributed by atoms with Crippen LogP contribution in [-0.4, -0.2) is 73.1 Å². The Bertz CT molecular complexity index is 474. The number of methoxy groups -OCH3 is 1. The van der Waals surface area contributed by atoms with Crippen molar-refractivity contribution in [3.63, 3.8) is 0 Å². The second-order valence-electron chi connectivity index (χ2n) is 5.25. The van der Waals surface area contributed by atoms with Crippen molar-refractivity contribution in [2.45, 2.75) is 50.6 Å². The zero-order valence-corrected chi connectivity index (χ0v) is 16.1. The van der Waals surface area contributed by atoms with Gasteiger partial charge < -0.3 is 23.7 Å². The number of hydrogen-bond acceptors (Lipinski definition) is 9. The molecule has 0 aromatic heterocycles. The first-order valence-electron chi connectivity index (χ1n) is 7.63. The third-order valence-electron chi connectivity index (χ3n) is 3.27. The lowest BCUT2D eigenvalue weighted by Crippen LogP contribution is -2.60. The van der Waals surface area contributed by atoms with Gasteiger partial charge in [-0.15, -0.1) is 23.4 Å². The fourth-order valence-electron chi connectivity index (χ4n) is 2.42. The summed E-state index contributed by atoms with van der Waals surface area (Å²) in [5.74, 6) is -0.701. The number of halogens is 1. The molecule has 0 aromatic rings. The third-order valence-corrected chi connectivity index (χ3v) is 4.99. The van der Waals surface area contributed by atoms with Gasteiger partial charge in [0.05, 0.1) is 5.25 Å². The summed E-state index contributed by atoms with van der Waals surface area (Å²) in [5.41, 5.74) is 0. The standard InChI is InChI=1S/C15H23ClO8S/c1-8(17)21-7-11-12(22-9(2)18)13(23-10(3)19)14(25-6-5-16)15(20-4)24-11/h11-15H,5-7H2,1-4H3/t11-,12-,13-,14+,15+/m1/s1. The zero-order valence-electron chi connectivity index (χ0n) is 14.6. The molecule has 0 saturated carbocycles. The quantitative estimate of drug-likeness (QED) is 0.338. The average molecular weight is 399 g/mol. The van der Waals surface area contributed by atoms with Crippen LogP contribution < -0.4 is 0 Å². The second kappa shape index (κ2) is 10.8. The molecule has 1 aliphatic heterocycles. The van der Waals surface area contributed by atoms with Crippen molar-refractivity contribution in [3.8, 4) is 0 Å². The van der Waals surface area contributed by atoms with E-state index in [1.54, 1.807) is 0 Å². The summed E-state index contributed by atoms with van der Waals surface area (Å²) in [7, 11) is 1.44. The Morgan fingerprint density at radius 3 is 2.12 bits per heavy atom. The smallest absolute Gasteiger partial charge is 0.303 e. The highest BCUT2D eigenvalue weighted by Crippen LogP contribution is 2.34. The van der Waals surface area contributed by atoms with Gasteiger partial charge in [0.1, 0.15) is 12.7 Å². The molecule has 8 nitrogen and oxygen atoms in total. The molecule has 1 fully saturated rings. The Morgan fingerprint density at radius 2 is 1.64 bits per heavy atom. The van der Waals surface area contributed by atoms with Crippen molar-refractivity contribution in [2.24, 2.45) is 0 Å². The minimum Gasteiger partial charge on any atom is -0.463 e. The normalized spacial score (nSPS) is 28.9. The Kier molecular flexibility index (Phi) is 9.55. The summed E-state index contributed by atoms with van der Waals surface area (Å²) in [6.07, 6.45) is -3.38. The molecule has 1 saturated heterocycles. The van der Waals surface area contributed by atoms with Crippen molar-refractivity contribution in [2.75, 3.05) is 25.3 Å². The van der Waals surface area contributed by atoms with E-state index in [9.17, 15) is 14.4 Å². The number of thioether (sulfide) groups is 1. The lowest BCUT2D eigenvalue weighted by atomic mass is 10.0. The number of esters is 3. The maximum Gasteiger partial charge on any atom is 0.303 e. The molecule has 0 aliphatic carbocycles. The van der Waals surface area contributed by atoms with Crippen LogP contribution in [0.15, 0.2) is 0 Å². The minimum absolute atomic E-state index is 0.169. The van der Waals surface area contributed by atoms with Crippen LogP contribution in [0.1, 0.15) is 20.8 Å². The van der Waals surface area contributed by atoms with Crippen molar-refractivity contribution in [1.82, 2.24) is 0 Å². The molecule has 0 N–H and O–H groups in total. The largest absolute Gasteiger partial charge is 0.463 e. The first kappa shape index (κ1) is 22.0. The molecule has 25 heavy (non-hydrogen) atoms. The van der Waals surface area contributed by atoms with Gasteiger partial charge in [-0.2, -0.15) is 0 Å². The van der Waals surface area contributed by atoms with E-state index in [0.717, 1.165) is 0 Å². The van der Waals surface area contributed by atoms with Gasteiger partial charge in [0.15, 0.2) is 18.5 Å². The summed E-state index contributed by atoms with van der Waals surface area (Å²) < 4.78 is 26.8. The molecular weight excluding hydrogens is 376 g/mol. The predicted molar refractivity (Wildman–Crippen MR) is 90.4 cm³/mol. The fourth-order valence-corrected chi connectivity index (χ4v) is 3.78. The molecular formula is C15H23ClO8S. The van der Waals surface area contributed by atoms with Gasteiger partial charge in [-0.25, -0.2) is 0 Å². The molecule has 1 heterocycles. The van der Waals surface area contributed by atoms with Gasteiger partial charge in [-0.1, -0.05) is 0 Å². The Labute approximate surface area is 155 Å². The van der Waals surface area contributed by atoms with E-state index in [4.69, 9.17) is 35.3 Å². The van der Waals surface area contributed by atoms with Crippen LogP contribution in [0.25, 0.3) is 0 Å². The van der Waals surface area contributed by atoms with E-state index in [-0.39, 0.29) is 6.61 Å². The zero-order chi connectivity index (χ0) is 19.0. The Balaban J connectivity index is 3.11. The fraction of sp³-hybridized carbons (Fsp3) is 0.800. The van der Waals surface area contributed by atoms with Crippen LogP contribution in [0.3, 0.4) is 0 Å². The highest BCUT2D eigenvalue weighted by atomic mass is 35.5. The van der Waals surface area contributed by atoms with E-state index < -0.39 is 47.8 Å². The summed E-state index contributed by atoms with van der Waals surface area (Å²) in [6.45, 7) is 3.57. The van der Waals surface area contributed by atoms with Gasteiger partial charge >= 0.3 is 17.9 Å². The van der Waals surface area contributed by atoms with E-state index in [1.165, 1.54) is 39.6 Å². The molecule has 0 bridgehead atoms. The monoisotopic (exact) mass is 398 g/mol. The van der Waals surface area contributed by atoms with E-state index >= 15 is 0 Å². The molecule has 5 atom stereocenters. The maximum atomic E-state index is 11.6. The number of carbonyl (C=O) groups excluding carboxylic acids is 3. The number of hydrogen-bond donors (Lipinski definition) is 0. The lowest BCUT2D eigenvalue weighted by Gasteiger charge is -2.44. The highest BCUT2D eigenvalue weighted by molar-refractivity contribution is 8.00. The first-order valence-corrected chi connectivity index (χ1v) is 9.22. The summed E-state index contributed by atoms with van der Waals surface area (Å²) in [4.78, 5) is 34.2. The molecule has 144 valence electrons. The summed E-state index contributed by atoms with van der Waals surface area (Å²) in [6, 6.07) is 0. The third kappa shape index (κ3) is 7.01. The van der Waals surface area contributed by atoms with Gasteiger partial charge in [-0.05, 0) is 0 Å². The average Bonchev–Trinajstić information content (AvgIpc) is 2.52. The molecule has 0 unspecified atom stereocenters. The molecule has 0 radical (unpaired) electrons. The number of ether oxygens (including phenoxy) is 5. The highest BCUT2D eigenvalue weighted by Gasteiger charge is 2.50. The van der Waals surface area contributed by atoms with E-state index in [1.807, 2.05) is 0 Å².